The van der Waals surface area contributed by atoms with Gasteiger partial charge in [0.15, 0.2) is 5.75 Å². The van der Waals surface area contributed by atoms with E-state index in [1.54, 1.807) is 24.3 Å². The van der Waals surface area contributed by atoms with Gasteiger partial charge in [0.05, 0.1) is 11.5 Å². The molecular formula is C18H21N3O4. The number of piperazine rings is 1. The van der Waals surface area contributed by atoms with Gasteiger partial charge in [-0.3, -0.25) is 10.1 Å². The monoisotopic (exact) mass is 343 g/mol. The van der Waals surface area contributed by atoms with Crippen LogP contribution in [0.3, 0.4) is 0 Å². The highest BCUT2D eigenvalue weighted by Crippen LogP contribution is 2.32. The molecule has 0 amide bonds. The summed E-state index contributed by atoms with van der Waals surface area (Å²) in [6.45, 7) is 5.40. The maximum atomic E-state index is 11.1. The molecule has 2 aromatic carbocycles. The molecule has 25 heavy (non-hydrogen) atoms. The van der Waals surface area contributed by atoms with Crippen molar-refractivity contribution in [3.05, 3.63) is 52.6 Å². The molecule has 0 unspecified atom stereocenters. The van der Waals surface area contributed by atoms with Crippen molar-refractivity contribution in [1.29, 1.82) is 0 Å². The molecule has 1 aliphatic heterocycles. The van der Waals surface area contributed by atoms with Crippen LogP contribution >= 0.6 is 0 Å². The van der Waals surface area contributed by atoms with Crippen LogP contribution in [-0.2, 0) is 0 Å². The minimum atomic E-state index is -0.422. The lowest BCUT2D eigenvalue weighted by molar-refractivity contribution is -0.385. The van der Waals surface area contributed by atoms with Crippen LogP contribution in [0, 0.1) is 10.1 Å². The summed E-state index contributed by atoms with van der Waals surface area (Å²) in [6, 6.07) is 12.2. The predicted octanol–water partition coefficient (Wildman–Crippen LogP) is 3.03. The topological polar surface area (TPSA) is 79.1 Å². The number of aromatic hydroxyl groups is 1. The fourth-order valence-corrected chi connectivity index (χ4v) is 3.03. The van der Waals surface area contributed by atoms with E-state index in [0.29, 0.717) is 12.4 Å². The second-order valence-corrected chi connectivity index (χ2v) is 5.84. The lowest BCUT2D eigenvalue weighted by Crippen LogP contribution is -2.46. The summed E-state index contributed by atoms with van der Waals surface area (Å²) < 4.78 is 5.43. The molecule has 0 radical (unpaired) electrons. The van der Waals surface area contributed by atoms with Gasteiger partial charge < -0.3 is 19.6 Å². The van der Waals surface area contributed by atoms with Crippen molar-refractivity contribution in [2.45, 2.75) is 6.92 Å². The van der Waals surface area contributed by atoms with Crippen molar-refractivity contribution in [2.24, 2.45) is 0 Å². The summed E-state index contributed by atoms with van der Waals surface area (Å²) in [5.74, 6) is 0.567. The molecule has 2 aromatic rings. The Kier molecular flexibility index (Phi) is 4.92. The minimum Gasteiger partial charge on any atom is -0.508 e. The Morgan fingerprint density at radius 3 is 2.28 bits per heavy atom. The third kappa shape index (κ3) is 3.76. The molecule has 0 saturated carbocycles. The first-order valence-electron chi connectivity index (χ1n) is 8.28. The summed E-state index contributed by atoms with van der Waals surface area (Å²) in [4.78, 5) is 15.1. The number of ether oxygens (including phenoxy) is 1. The molecule has 7 nitrogen and oxygen atoms in total. The minimum absolute atomic E-state index is 0.0102. The molecule has 1 saturated heterocycles. The summed E-state index contributed by atoms with van der Waals surface area (Å²) in [5.41, 5.74) is 1.91. The van der Waals surface area contributed by atoms with Crippen LogP contribution in [0.1, 0.15) is 6.92 Å². The van der Waals surface area contributed by atoms with E-state index in [-0.39, 0.29) is 11.4 Å². The van der Waals surface area contributed by atoms with Crippen molar-refractivity contribution >= 4 is 17.1 Å². The highest BCUT2D eigenvalue weighted by Gasteiger charge is 2.21. The molecule has 132 valence electrons. The first kappa shape index (κ1) is 16.9. The van der Waals surface area contributed by atoms with E-state index < -0.39 is 4.92 Å². The van der Waals surface area contributed by atoms with Gasteiger partial charge in [-0.15, -0.1) is 0 Å². The Balaban J connectivity index is 1.72. The zero-order valence-electron chi connectivity index (χ0n) is 14.1. The Labute approximate surface area is 146 Å². The van der Waals surface area contributed by atoms with E-state index >= 15 is 0 Å². The number of hydrogen-bond acceptors (Lipinski definition) is 6. The zero-order valence-corrected chi connectivity index (χ0v) is 14.1. The molecule has 0 spiro atoms. The van der Waals surface area contributed by atoms with E-state index in [2.05, 4.69) is 9.80 Å². The maximum absolute atomic E-state index is 11.1. The van der Waals surface area contributed by atoms with E-state index in [0.717, 1.165) is 37.6 Å². The van der Waals surface area contributed by atoms with Gasteiger partial charge in [0.2, 0.25) is 0 Å². The number of benzene rings is 2. The zero-order chi connectivity index (χ0) is 17.8. The average Bonchev–Trinajstić information content (AvgIpc) is 2.62. The van der Waals surface area contributed by atoms with E-state index in [1.165, 1.54) is 6.07 Å². The number of nitro groups is 1. The molecule has 1 heterocycles. The van der Waals surface area contributed by atoms with Crippen LogP contribution in [0.5, 0.6) is 11.5 Å². The number of phenols is 1. The molecule has 7 heteroatoms. The molecule has 1 aliphatic rings. The van der Waals surface area contributed by atoms with Crippen molar-refractivity contribution in [3.63, 3.8) is 0 Å². The van der Waals surface area contributed by atoms with Gasteiger partial charge in [-0.1, -0.05) is 6.07 Å². The number of nitrogens with zero attached hydrogens (tertiary/aromatic N) is 3. The Hall–Kier alpha value is -2.96. The SMILES string of the molecule is CCOc1cc(N2CCN(c3cccc(O)c3)CC2)ccc1[N+](=O)[O-]. The van der Waals surface area contributed by atoms with Crippen molar-refractivity contribution in [3.8, 4) is 11.5 Å². The first-order chi connectivity index (χ1) is 12.1. The first-order valence-corrected chi connectivity index (χ1v) is 8.28. The Morgan fingerprint density at radius 1 is 1.08 bits per heavy atom. The molecule has 0 aromatic heterocycles. The molecule has 1 fully saturated rings. The van der Waals surface area contributed by atoms with Gasteiger partial charge in [-0.05, 0) is 25.1 Å². The van der Waals surface area contributed by atoms with Gasteiger partial charge in [0.25, 0.3) is 0 Å². The predicted molar refractivity (Wildman–Crippen MR) is 96.8 cm³/mol. The van der Waals surface area contributed by atoms with E-state index in [1.807, 2.05) is 19.1 Å². The fourth-order valence-electron chi connectivity index (χ4n) is 3.03. The summed E-state index contributed by atoms with van der Waals surface area (Å²) in [6.07, 6.45) is 0. The normalized spacial score (nSPS) is 14.4. The highest BCUT2D eigenvalue weighted by molar-refractivity contribution is 5.60. The van der Waals surface area contributed by atoms with Crippen LogP contribution in [0.15, 0.2) is 42.5 Å². The van der Waals surface area contributed by atoms with Gasteiger partial charge in [0, 0.05) is 55.8 Å². The van der Waals surface area contributed by atoms with Gasteiger partial charge >= 0.3 is 5.69 Å². The van der Waals surface area contributed by atoms with E-state index in [9.17, 15) is 15.2 Å². The molecule has 0 bridgehead atoms. The third-order valence-corrected chi connectivity index (χ3v) is 4.28. The third-order valence-electron chi connectivity index (χ3n) is 4.28. The second kappa shape index (κ2) is 7.29. The Morgan fingerprint density at radius 2 is 1.72 bits per heavy atom. The van der Waals surface area contributed by atoms with E-state index in [4.69, 9.17) is 4.74 Å². The number of anilines is 2. The van der Waals surface area contributed by atoms with Gasteiger partial charge in [-0.25, -0.2) is 0 Å². The van der Waals surface area contributed by atoms with Crippen LogP contribution in [-0.4, -0.2) is 42.8 Å². The smallest absolute Gasteiger partial charge is 0.311 e. The van der Waals surface area contributed by atoms with Crippen LogP contribution in [0.4, 0.5) is 17.1 Å². The molecule has 1 N–H and O–H groups in total. The van der Waals surface area contributed by atoms with Gasteiger partial charge in [-0.2, -0.15) is 0 Å². The standard InChI is InChI=1S/C18H21N3O4/c1-2-25-18-13-15(6-7-17(18)21(23)24)20-10-8-19(9-11-20)14-4-3-5-16(22)12-14/h3-7,12-13,22H,2,8-11H2,1H3. The molecule has 0 aliphatic carbocycles. The lowest BCUT2D eigenvalue weighted by atomic mass is 10.2. The average molecular weight is 343 g/mol. The number of hydrogen-bond donors (Lipinski definition) is 1. The van der Waals surface area contributed by atoms with Crippen LogP contribution in [0.25, 0.3) is 0 Å². The van der Waals surface area contributed by atoms with Crippen molar-refractivity contribution in [1.82, 2.24) is 0 Å². The van der Waals surface area contributed by atoms with Crippen LogP contribution in [0.2, 0.25) is 0 Å². The highest BCUT2D eigenvalue weighted by atomic mass is 16.6. The maximum Gasteiger partial charge on any atom is 0.311 e. The molecule has 0 atom stereocenters. The quantitative estimate of drug-likeness (QED) is 0.664. The van der Waals surface area contributed by atoms with Crippen LogP contribution < -0.4 is 14.5 Å². The molecular weight excluding hydrogens is 322 g/mol. The second-order valence-electron chi connectivity index (χ2n) is 5.84. The largest absolute Gasteiger partial charge is 0.508 e. The lowest BCUT2D eigenvalue weighted by Gasteiger charge is -2.37. The number of phenolic OH excluding ortho intramolecular Hbond substituents is 1. The Bertz CT molecular complexity index is 758. The fraction of sp³-hybridized carbons (Fsp3) is 0.333. The van der Waals surface area contributed by atoms with Gasteiger partial charge in [0.1, 0.15) is 5.75 Å². The van der Waals surface area contributed by atoms with Crippen molar-refractivity contribution < 1.29 is 14.8 Å². The summed E-state index contributed by atoms with van der Waals surface area (Å²) >= 11 is 0. The molecule has 3 rings (SSSR count). The van der Waals surface area contributed by atoms with Crippen molar-refractivity contribution in [2.75, 3.05) is 42.6 Å². The number of nitro benzene ring substituents is 1. The summed E-state index contributed by atoms with van der Waals surface area (Å²) in [7, 11) is 0. The summed E-state index contributed by atoms with van der Waals surface area (Å²) in [5, 5.41) is 20.7. The number of rotatable bonds is 5.